The molecule has 32 heavy (non-hydrogen) atoms. The van der Waals surface area contributed by atoms with Gasteiger partial charge < -0.3 is 29.4 Å². The van der Waals surface area contributed by atoms with Crippen molar-refractivity contribution in [3.63, 3.8) is 0 Å². The fourth-order valence-electron chi connectivity index (χ4n) is 3.68. The topological polar surface area (TPSA) is 75.8 Å². The maximum absolute atomic E-state index is 12.9. The zero-order valence-electron chi connectivity index (χ0n) is 18.5. The molecule has 0 fully saturated rings. The third-order valence-corrected chi connectivity index (χ3v) is 5.98. The highest BCUT2D eigenvalue weighted by Gasteiger charge is 2.17. The molecule has 0 radical (unpaired) electrons. The first kappa shape index (κ1) is 22.1. The van der Waals surface area contributed by atoms with E-state index in [2.05, 4.69) is 23.3 Å². The quantitative estimate of drug-likeness (QED) is 0.419. The van der Waals surface area contributed by atoms with Crippen molar-refractivity contribution >= 4 is 28.2 Å². The molecule has 0 atom stereocenters. The Morgan fingerprint density at radius 3 is 2.72 bits per heavy atom. The van der Waals surface area contributed by atoms with Crippen molar-refractivity contribution in [2.75, 3.05) is 27.1 Å². The Balaban J connectivity index is 1.62. The van der Waals surface area contributed by atoms with E-state index in [0.29, 0.717) is 36.9 Å². The van der Waals surface area contributed by atoms with Crippen LogP contribution >= 0.6 is 12.2 Å². The van der Waals surface area contributed by atoms with Crippen LogP contribution in [0, 0.1) is 13.8 Å². The number of H-pyrrole nitrogens is 1. The van der Waals surface area contributed by atoms with E-state index in [9.17, 15) is 4.79 Å². The van der Waals surface area contributed by atoms with Crippen LogP contribution < -0.4 is 20.3 Å². The summed E-state index contributed by atoms with van der Waals surface area (Å²) in [6.45, 7) is 6.33. The number of fused-ring (bicyclic) bond motifs is 2. The summed E-state index contributed by atoms with van der Waals surface area (Å²) < 4.78 is 16.0. The summed E-state index contributed by atoms with van der Waals surface area (Å²) in [6, 6.07) is 11.9. The lowest BCUT2D eigenvalue weighted by Crippen LogP contribution is -2.41. The molecule has 1 aliphatic heterocycles. The number of hydrogen-bond donors (Lipinski definition) is 2. The predicted octanol–water partition coefficient (Wildman–Crippen LogP) is 3.40. The highest BCUT2D eigenvalue weighted by atomic mass is 32.1. The van der Waals surface area contributed by atoms with E-state index in [1.807, 2.05) is 42.2 Å². The second-order valence-corrected chi connectivity index (χ2v) is 8.30. The fourth-order valence-corrected chi connectivity index (χ4v) is 3.91. The lowest BCUT2D eigenvalue weighted by Gasteiger charge is -2.26. The monoisotopic (exact) mass is 453 g/mol. The van der Waals surface area contributed by atoms with Crippen molar-refractivity contribution in [3.8, 4) is 11.5 Å². The van der Waals surface area contributed by atoms with Gasteiger partial charge in [0, 0.05) is 31.3 Å². The Bertz CT molecular complexity index is 1210. The number of thiocarbonyl (C=S) groups is 1. The number of hydrogen-bond acceptors (Lipinski definition) is 5. The van der Waals surface area contributed by atoms with Crippen molar-refractivity contribution < 1.29 is 14.2 Å². The molecule has 8 heteroatoms. The van der Waals surface area contributed by atoms with Crippen molar-refractivity contribution in [3.05, 3.63) is 69.0 Å². The number of aromatic amines is 1. The van der Waals surface area contributed by atoms with Gasteiger partial charge in [-0.1, -0.05) is 6.07 Å². The second kappa shape index (κ2) is 9.58. The number of nitrogens with zero attached hydrogens (tertiary/aromatic N) is 1. The van der Waals surface area contributed by atoms with Crippen LogP contribution in [0.1, 0.15) is 22.3 Å². The number of ether oxygens (including phenoxy) is 3. The molecule has 1 aliphatic rings. The van der Waals surface area contributed by atoms with Crippen LogP contribution in [0.3, 0.4) is 0 Å². The normalized spacial score (nSPS) is 12.2. The van der Waals surface area contributed by atoms with E-state index >= 15 is 0 Å². The molecule has 4 rings (SSSR count). The van der Waals surface area contributed by atoms with E-state index in [1.165, 1.54) is 5.56 Å². The van der Waals surface area contributed by atoms with E-state index in [0.717, 1.165) is 33.5 Å². The second-order valence-electron chi connectivity index (χ2n) is 7.92. The minimum absolute atomic E-state index is 0.115. The number of benzene rings is 2. The number of pyridine rings is 1. The van der Waals surface area contributed by atoms with Gasteiger partial charge >= 0.3 is 0 Å². The number of nitrogens with one attached hydrogen (secondary N) is 2. The van der Waals surface area contributed by atoms with Gasteiger partial charge in [0.2, 0.25) is 6.79 Å². The Hall–Kier alpha value is -3.10. The van der Waals surface area contributed by atoms with Gasteiger partial charge in [0.15, 0.2) is 16.6 Å². The van der Waals surface area contributed by atoms with Gasteiger partial charge in [-0.15, -0.1) is 0 Å². The maximum Gasteiger partial charge on any atom is 0.253 e. The number of aromatic nitrogens is 1. The summed E-state index contributed by atoms with van der Waals surface area (Å²) in [5.74, 6) is 1.45. The van der Waals surface area contributed by atoms with E-state index in [-0.39, 0.29) is 12.4 Å². The molecule has 0 aliphatic carbocycles. The fraction of sp³-hybridized carbons (Fsp3) is 0.333. The molecule has 0 bridgehead atoms. The Morgan fingerprint density at radius 2 is 1.91 bits per heavy atom. The van der Waals surface area contributed by atoms with E-state index in [1.54, 1.807) is 7.11 Å². The van der Waals surface area contributed by atoms with Crippen LogP contribution in [0.5, 0.6) is 11.5 Å². The van der Waals surface area contributed by atoms with Gasteiger partial charge in [0.05, 0.1) is 13.2 Å². The Morgan fingerprint density at radius 1 is 1.12 bits per heavy atom. The molecule has 0 saturated carbocycles. The highest BCUT2D eigenvalue weighted by Crippen LogP contribution is 2.33. The third-order valence-electron chi connectivity index (χ3n) is 5.58. The first-order valence-electron chi connectivity index (χ1n) is 10.5. The van der Waals surface area contributed by atoms with Gasteiger partial charge in [-0.25, -0.2) is 0 Å². The van der Waals surface area contributed by atoms with Gasteiger partial charge in [0.1, 0.15) is 0 Å². The van der Waals surface area contributed by atoms with Crippen LogP contribution in [0.25, 0.3) is 10.9 Å². The molecule has 0 amide bonds. The molecule has 0 spiro atoms. The SMILES string of the molecule is COCCNC(=S)N(Cc1ccc2c(c1)OCO2)Cc1cc2cc(C)c(C)cc2[nH]c1=O. The average molecular weight is 454 g/mol. The highest BCUT2D eigenvalue weighted by molar-refractivity contribution is 7.80. The minimum Gasteiger partial charge on any atom is -0.454 e. The molecular weight excluding hydrogens is 426 g/mol. The zero-order chi connectivity index (χ0) is 22.7. The van der Waals surface area contributed by atoms with Crippen LogP contribution in [0.15, 0.2) is 41.2 Å². The molecular formula is C24H27N3O4S. The van der Waals surface area contributed by atoms with Crippen molar-refractivity contribution in [1.82, 2.24) is 15.2 Å². The smallest absolute Gasteiger partial charge is 0.253 e. The predicted molar refractivity (Wildman–Crippen MR) is 128 cm³/mol. The Labute approximate surface area is 192 Å². The van der Waals surface area contributed by atoms with E-state index in [4.69, 9.17) is 26.4 Å². The molecule has 0 unspecified atom stereocenters. The van der Waals surface area contributed by atoms with Crippen molar-refractivity contribution in [1.29, 1.82) is 0 Å². The summed E-state index contributed by atoms with van der Waals surface area (Å²) >= 11 is 5.65. The third kappa shape index (κ3) is 4.87. The van der Waals surface area contributed by atoms with Crippen molar-refractivity contribution in [2.24, 2.45) is 0 Å². The van der Waals surface area contributed by atoms with Gasteiger partial charge in [-0.05, 0) is 78.5 Å². The molecule has 1 aromatic heterocycles. The number of aryl methyl sites for hydroxylation is 2. The standard InChI is InChI=1S/C24H27N3O4S/c1-15-8-18-11-19(23(28)26-20(18)9-16(15)2)13-27(24(32)25-6-7-29-3)12-17-4-5-21-22(10-17)31-14-30-21/h4-5,8-11H,6-7,12-14H2,1-3H3,(H,25,32)(H,26,28). The number of rotatable bonds is 7. The van der Waals surface area contributed by atoms with Crippen molar-refractivity contribution in [2.45, 2.75) is 26.9 Å². The summed E-state index contributed by atoms with van der Waals surface area (Å²) in [6.07, 6.45) is 0. The molecule has 2 heterocycles. The first-order chi connectivity index (χ1) is 15.4. The molecule has 0 saturated heterocycles. The summed E-state index contributed by atoms with van der Waals surface area (Å²) in [4.78, 5) is 17.8. The number of methoxy groups -OCH3 is 1. The molecule has 168 valence electrons. The molecule has 2 N–H and O–H groups in total. The molecule has 2 aromatic carbocycles. The Kier molecular flexibility index (Phi) is 6.62. The first-order valence-corrected chi connectivity index (χ1v) is 10.9. The van der Waals surface area contributed by atoms with Gasteiger partial charge in [-0.3, -0.25) is 4.79 Å². The van der Waals surface area contributed by atoms with Crippen LogP contribution in [-0.4, -0.2) is 42.1 Å². The van der Waals surface area contributed by atoms with Gasteiger partial charge in [-0.2, -0.15) is 0 Å². The largest absolute Gasteiger partial charge is 0.454 e. The minimum atomic E-state index is -0.115. The van der Waals surface area contributed by atoms with Crippen LogP contribution in [-0.2, 0) is 17.8 Å². The van der Waals surface area contributed by atoms with Gasteiger partial charge in [0.25, 0.3) is 5.56 Å². The van der Waals surface area contributed by atoms with Crippen LogP contribution in [0.4, 0.5) is 0 Å². The summed E-state index contributed by atoms with van der Waals surface area (Å²) in [5, 5.41) is 4.77. The maximum atomic E-state index is 12.9. The summed E-state index contributed by atoms with van der Waals surface area (Å²) in [7, 11) is 1.65. The van der Waals surface area contributed by atoms with Crippen LogP contribution in [0.2, 0.25) is 0 Å². The molecule has 3 aromatic rings. The lowest BCUT2D eigenvalue weighted by atomic mass is 10.0. The average Bonchev–Trinajstić information content (AvgIpc) is 3.23. The summed E-state index contributed by atoms with van der Waals surface area (Å²) in [5.41, 5.74) is 4.71. The molecule has 7 nitrogen and oxygen atoms in total. The van der Waals surface area contributed by atoms with E-state index < -0.39 is 0 Å². The zero-order valence-corrected chi connectivity index (χ0v) is 19.3. The lowest BCUT2D eigenvalue weighted by molar-refractivity contribution is 0.174.